The maximum Gasteiger partial charge on any atom is 0.387 e. The molecule has 5 nitrogen and oxygen atoms in total. The van der Waals surface area contributed by atoms with E-state index in [4.69, 9.17) is 0 Å². The van der Waals surface area contributed by atoms with E-state index >= 15 is 0 Å². The smallest absolute Gasteiger partial charge is 0.387 e. The number of aromatic nitrogens is 2. The van der Waals surface area contributed by atoms with Gasteiger partial charge in [-0.15, -0.1) is 0 Å². The topological polar surface area (TPSA) is 56.2 Å². The number of halogens is 2. The highest BCUT2D eigenvalue weighted by Gasteiger charge is 2.14. The Labute approximate surface area is 143 Å². The van der Waals surface area contributed by atoms with Gasteiger partial charge >= 0.3 is 6.61 Å². The van der Waals surface area contributed by atoms with Crippen molar-refractivity contribution in [2.75, 3.05) is 5.32 Å². The fourth-order valence-corrected chi connectivity index (χ4v) is 2.58. The summed E-state index contributed by atoms with van der Waals surface area (Å²) in [6.07, 6.45) is 0.892. The van der Waals surface area contributed by atoms with Crippen molar-refractivity contribution in [1.82, 2.24) is 9.55 Å². The van der Waals surface area contributed by atoms with Crippen molar-refractivity contribution >= 4 is 22.9 Å². The number of ether oxygens (including phenoxy) is 1. The average Bonchev–Trinajstić information content (AvgIpc) is 2.93. The van der Waals surface area contributed by atoms with Crippen LogP contribution in [0.15, 0.2) is 48.5 Å². The Morgan fingerprint density at radius 3 is 2.60 bits per heavy atom. The molecule has 0 radical (unpaired) electrons. The molecule has 0 fully saturated rings. The summed E-state index contributed by atoms with van der Waals surface area (Å²) in [7, 11) is 0. The van der Waals surface area contributed by atoms with Crippen molar-refractivity contribution in [2.45, 2.75) is 26.5 Å². The minimum Gasteiger partial charge on any atom is -0.435 e. The molecule has 3 aromatic rings. The fourth-order valence-electron chi connectivity index (χ4n) is 2.58. The van der Waals surface area contributed by atoms with Gasteiger partial charge in [0, 0.05) is 12.1 Å². The first-order valence-electron chi connectivity index (χ1n) is 7.90. The van der Waals surface area contributed by atoms with Crippen LogP contribution < -0.4 is 10.1 Å². The molecule has 0 saturated carbocycles. The molecule has 0 bridgehead atoms. The van der Waals surface area contributed by atoms with Gasteiger partial charge in [-0.2, -0.15) is 8.78 Å². The minimum atomic E-state index is -2.89. The van der Waals surface area contributed by atoms with Crippen molar-refractivity contribution < 1.29 is 18.3 Å². The van der Waals surface area contributed by atoms with Gasteiger partial charge in [0.05, 0.1) is 11.0 Å². The zero-order valence-electron chi connectivity index (χ0n) is 13.6. The number of rotatable bonds is 6. The average molecular weight is 345 g/mol. The second-order valence-corrected chi connectivity index (χ2v) is 5.43. The normalized spacial score (nSPS) is 11.0. The number of fused-ring (bicyclic) bond motifs is 1. The van der Waals surface area contributed by atoms with E-state index < -0.39 is 6.61 Å². The molecule has 1 amide bonds. The molecule has 0 aliphatic carbocycles. The Morgan fingerprint density at radius 1 is 1.20 bits per heavy atom. The molecule has 0 aliphatic rings. The van der Waals surface area contributed by atoms with E-state index in [0.29, 0.717) is 11.5 Å². The molecule has 1 heterocycles. The van der Waals surface area contributed by atoms with Gasteiger partial charge in [0.1, 0.15) is 5.75 Å². The largest absolute Gasteiger partial charge is 0.435 e. The first kappa shape index (κ1) is 16.9. The number of anilines is 1. The van der Waals surface area contributed by atoms with Gasteiger partial charge in [0.15, 0.2) is 0 Å². The molecule has 1 aromatic heterocycles. The Bertz CT molecular complexity index is 876. The zero-order chi connectivity index (χ0) is 17.8. The van der Waals surface area contributed by atoms with Gasteiger partial charge in [-0.25, -0.2) is 4.98 Å². The van der Waals surface area contributed by atoms with Crippen molar-refractivity contribution in [3.8, 4) is 5.75 Å². The van der Waals surface area contributed by atoms with Crippen LogP contribution in [0.3, 0.4) is 0 Å². The van der Waals surface area contributed by atoms with Gasteiger partial charge in [-0.05, 0) is 42.8 Å². The number of nitrogens with zero attached hydrogens (tertiary/aromatic N) is 2. The number of hydrogen-bond donors (Lipinski definition) is 1. The Morgan fingerprint density at radius 2 is 1.92 bits per heavy atom. The van der Waals surface area contributed by atoms with Crippen LogP contribution in [-0.2, 0) is 6.54 Å². The fraction of sp³-hybridized carbons (Fsp3) is 0.222. The Kier molecular flexibility index (Phi) is 4.92. The monoisotopic (exact) mass is 345 g/mol. The number of amides is 1. The van der Waals surface area contributed by atoms with Crippen LogP contribution in [0.25, 0.3) is 11.0 Å². The van der Waals surface area contributed by atoms with Gasteiger partial charge in [0.25, 0.3) is 5.91 Å². The van der Waals surface area contributed by atoms with E-state index in [9.17, 15) is 13.6 Å². The highest BCUT2D eigenvalue weighted by atomic mass is 19.3. The first-order valence-corrected chi connectivity index (χ1v) is 7.90. The molecule has 7 heteroatoms. The van der Waals surface area contributed by atoms with Gasteiger partial charge in [-0.1, -0.05) is 19.1 Å². The van der Waals surface area contributed by atoms with Crippen molar-refractivity contribution in [3.05, 3.63) is 54.1 Å². The van der Waals surface area contributed by atoms with Crippen LogP contribution >= 0.6 is 0 Å². The van der Waals surface area contributed by atoms with Crippen LogP contribution in [0.5, 0.6) is 5.75 Å². The highest BCUT2D eigenvalue weighted by molar-refractivity contribution is 6.04. The standard InChI is InChI=1S/C18H17F2N3O2/c1-2-11-23-15-6-4-3-5-14(15)21-18(23)22-16(24)12-7-9-13(10-8-12)25-17(19)20/h3-10,17H,2,11H2,1H3,(H,21,22,24). The molecule has 3 rings (SSSR count). The van der Waals surface area contributed by atoms with Crippen molar-refractivity contribution in [3.63, 3.8) is 0 Å². The van der Waals surface area contributed by atoms with Crippen LogP contribution in [0.2, 0.25) is 0 Å². The van der Waals surface area contributed by atoms with E-state index in [2.05, 4.69) is 15.0 Å². The predicted octanol–water partition coefficient (Wildman–Crippen LogP) is 4.30. The predicted molar refractivity (Wildman–Crippen MR) is 91.1 cm³/mol. The van der Waals surface area contributed by atoms with Gasteiger partial charge < -0.3 is 9.30 Å². The maximum atomic E-state index is 12.4. The molecular formula is C18H17F2N3O2. The van der Waals surface area contributed by atoms with Crippen LogP contribution in [0.4, 0.5) is 14.7 Å². The SMILES string of the molecule is CCCn1c(NC(=O)c2ccc(OC(F)F)cc2)nc2ccccc21. The number of carbonyl (C=O) groups is 1. The quantitative estimate of drug-likeness (QED) is 0.725. The number of alkyl halides is 2. The van der Waals surface area contributed by atoms with Crippen molar-refractivity contribution in [1.29, 1.82) is 0 Å². The Hall–Kier alpha value is -2.96. The second-order valence-electron chi connectivity index (χ2n) is 5.43. The van der Waals surface area contributed by atoms with Crippen LogP contribution in [0, 0.1) is 0 Å². The molecule has 1 N–H and O–H groups in total. The Balaban J connectivity index is 1.83. The van der Waals surface area contributed by atoms with Gasteiger partial charge in [-0.3, -0.25) is 10.1 Å². The lowest BCUT2D eigenvalue weighted by atomic mass is 10.2. The summed E-state index contributed by atoms with van der Waals surface area (Å²) in [5.74, 6) is 0.0991. The second kappa shape index (κ2) is 7.29. The third-order valence-corrected chi connectivity index (χ3v) is 3.67. The molecule has 0 unspecified atom stereocenters. The first-order chi connectivity index (χ1) is 12.1. The number of para-hydroxylation sites is 2. The van der Waals surface area contributed by atoms with E-state index in [1.54, 1.807) is 0 Å². The number of aryl methyl sites for hydroxylation is 1. The third-order valence-electron chi connectivity index (χ3n) is 3.67. The molecular weight excluding hydrogens is 328 g/mol. The van der Waals surface area contributed by atoms with E-state index in [1.165, 1.54) is 24.3 Å². The van der Waals surface area contributed by atoms with E-state index in [-0.39, 0.29) is 11.7 Å². The van der Waals surface area contributed by atoms with Crippen LogP contribution in [0.1, 0.15) is 23.7 Å². The van der Waals surface area contributed by atoms with Gasteiger partial charge in [0.2, 0.25) is 5.95 Å². The lowest BCUT2D eigenvalue weighted by Crippen LogP contribution is -2.16. The molecule has 130 valence electrons. The number of hydrogen-bond acceptors (Lipinski definition) is 3. The molecule has 25 heavy (non-hydrogen) atoms. The zero-order valence-corrected chi connectivity index (χ0v) is 13.6. The highest BCUT2D eigenvalue weighted by Crippen LogP contribution is 2.21. The molecule has 0 saturated heterocycles. The number of benzene rings is 2. The molecule has 2 aromatic carbocycles. The third kappa shape index (κ3) is 3.76. The summed E-state index contributed by atoms with van der Waals surface area (Å²) in [4.78, 5) is 16.9. The summed E-state index contributed by atoms with van der Waals surface area (Å²) in [5.41, 5.74) is 2.07. The lowest BCUT2D eigenvalue weighted by Gasteiger charge is -2.09. The minimum absolute atomic E-state index is 0.00442. The summed E-state index contributed by atoms with van der Waals surface area (Å²) in [5, 5.41) is 2.79. The van der Waals surface area contributed by atoms with E-state index in [0.717, 1.165) is 24.0 Å². The molecule has 0 atom stereocenters. The summed E-state index contributed by atoms with van der Waals surface area (Å²) < 4.78 is 30.6. The molecule has 0 spiro atoms. The maximum absolute atomic E-state index is 12.4. The molecule has 0 aliphatic heterocycles. The summed E-state index contributed by atoms with van der Waals surface area (Å²) >= 11 is 0. The van der Waals surface area contributed by atoms with Crippen molar-refractivity contribution in [2.24, 2.45) is 0 Å². The van der Waals surface area contributed by atoms with E-state index in [1.807, 2.05) is 35.8 Å². The summed E-state index contributed by atoms with van der Waals surface area (Å²) in [6, 6.07) is 13.2. The summed E-state index contributed by atoms with van der Waals surface area (Å²) in [6.45, 7) is -0.131. The number of imidazole rings is 1. The van der Waals surface area contributed by atoms with Crippen LogP contribution in [-0.4, -0.2) is 22.1 Å². The number of carbonyl (C=O) groups excluding carboxylic acids is 1. The number of nitrogens with one attached hydrogen (secondary N) is 1. The lowest BCUT2D eigenvalue weighted by molar-refractivity contribution is -0.0498.